The van der Waals surface area contributed by atoms with Gasteiger partial charge in [-0.2, -0.15) is 0 Å². The Bertz CT molecular complexity index is 286. The van der Waals surface area contributed by atoms with Crippen LogP contribution in [0.3, 0.4) is 0 Å². The molecule has 0 aromatic rings. The van der Waals surface area contributed by atoms with Crippen LogP contribution in [0, 0.1) is 23.7 Å². The van der Waals surface area contributed by atoms with Gasteiger partial charge in [0.2, 0.25) is 0 Å². The monoisotopic (exact) mass is 223 g/mol. The normalized spacial score (nSPS) is 43.6. The predicted molar refractivity (Wildman–Crippen MR) is 60.8 cm³/mol. The molecule has 3 rings (SSSR count). The molecule has 2 bridgehead atoms. The zero-order valence-electron chi connectivity index (χ0n) is 10.1. The molecule has 0 aromatic carbocycles. The number of rotatable bonds is 4. The zero-order valence-corrected chi connectivity index (χ0v) is 10.1. The number of ether oxygens (including phenoxy) is 1. The first-order valence-electron chi connectivity index (χ1n) is 6.59. The summed E-state index contributed by atoms with van der Waals surface area (Å²) in [5.74, 6) is 3.62. The smallest absolute Gasteiger partial charge is 0.320 e. The highest BCUT2D eigenvalue weighted by molar-refractivity contribution is 5.71. The van der Waals surface area contributed by atoms with Crippen molar-refractivity contribution in [2.45, 2.75) is 45.3 Å². The van der Waals surface area contributed by atoms with E-state index in [4.69, 9.17) is 4.74 Å². The number of carbonyl (C=O) groups is 1. The van der Waals surface area contributed by atoms with E-state index in [-0.39, 0.29) is 12.1 Å². The quantitative estimate of drug-likeness (QED) is 0.735. The van der Waals surface area contributed by atoms with Crippen LogP contribution in [0.1, 0.15) is 33.1 Å². The average molecular weight is 223 g/mol. The summed E-state index contributed by atoms with van der Waals surface area (Å²) in [6, 6.07) is 0.631. The molecule has 4 unspecified atom stereocenters. The third-order valence-corrected chi connectivity index (χ3v) is 4.58. The minimum Gasteiger partial charge on any atom is -0.462 e. The van der Waals surface area contributed by atoms with Crippen LogP contribution >= 0.6 is 0 Å². The van der Waals surface area contributed by atoms with Crippen LogP contribution in [0.5, 0.6) is 0 Å². The van der Waals surface area contributed by atoms with Gasteiger partial charge in [-0.15, -0.1) is 0 Å². The second kappa shape index (κ2) is 3.73. The highest BCUT2D eigenvalue weighted by Crippen LogP contribution is 2.65. The Balaban J connectivity index is 1.44. The van der Waals surface area contributed by atoms with Crippen molar-refractivity contribution in [1.82, 2.24) is 5.32 Å². The van der Waals surface area contributed by atoms with Gasteiger partial charge in [0.25, 0.3) is 0 Å². The number of esters is 1. The van der Waals surface area contributed by atoms with E-state index in [0.717, 1.165) is 23.7 Å². The second-order valence-corrected chi connectivity index (χ2v) is 5.93. The van der Waals surface area contributed by atoms with E-state index in [0.29, 0.717) is 12.6 Å². The van der Waals surface area contributed by atoms with Crippen molar-refractivity contribution >= 4 is 5.97 Å². The lowest BCUT2D eigenvalue weighted by Gasteiger charge is -2.11. The molecule has 3 fully saturated rings. The van der Waals surface area contributed by atoms with Crippen LogP contribution in [0.25, 0.3) is 0 Å². The predicted octanol–water partition coefficient (Wildman–Crippen LogP) is 1.57. The van der Waals surface area contributed by atoms with Gasteiger partial charge in [-0.1, -0.05) is 0 Å². The highest BCUT2D eigenvalue weighted by atomic mass is 16.5. The molecule has 3 heteroatoms. The van der Waals surface area contributed by atoms with Gasteiger partial charge in [0.05, 0.1) is 12.6 Å². The summed E-state index contributed by atoms with van der Waals surface area (Å²) in [6.07, 6.45) is 4.33. The van der Waals surface area contributed by atoms with Gasteiger partial charge in [0, 0.05) is 6.04 Å². The molecule has 0 saturated heterocycles. The highest BCUT2D eigenvalue weighted by Gasteiger charge is 2.64. The minimum absolute atomic E-state index is 0.00387. The summed E-state index contributed by atoms with van der Waals surface area (Å²) in [7, 11) is 0. The molecule has 3 aliphatic carbocycles. The number of carbonyl (C=O) groups excluding carboxylic acids is 1. The Labute approximate surface area is 96.9 Å². The Morgan fingerprint density at radius 2 is 1.94 bits per heavy atom. The summed E-state index contributed by atoms with van der Waals surface area (Å²) >= 11 is 0. The fourth-order valence-electron chi connectivity index (χ4n) is 4.10. The van der Waals surface area contributed by atoms with E-state index < -0.39 is 0 Å². The summed E-state index contributed by atoms with van der Waals surface area (Å²) in [5, 5.41) is 3.39. The molecule has 4 atom stereocenters. The third kappa shape index (κ3) is 1.65. The van der Waals surface area contributed by atoms with Gasteiger partial charge < -0.3 is 10.1 Å². The van der Waals surface area contributed by atoms with Crippen LogP contribution < -0.4 is 5.32 Å². The average Bonchev–Trinajstić information content (AvgIpc) is 2.62. The molecule has 0 heterocycles. The summed E-state index contributed by atoms with van der Waals surface area (Å²) in [5.41, 5.74) is 0. The van der Waals surface area contributed by atoms with E-state index >= 15 is 0 Å². The van der Waals surface area contributed by atoms with Gasteiger partial charge in [0.1, 0.15) is 0 Å². The summed E-state index contributed by atoms with van der Waals surface area (Å²) in [6.45, 7) is 4.18. The van der Waals surface area contributed by atoms with E-state index in [2.05, 4.69) is 5.32 Å². The van der Waals surface area contributed by atoms with Crippen molar-refractivity contribution in [3.63, 3.8) is 0 Å². The van der Waals surface area contributed by atoms with Gasteiger partial charge in [-0.3, -0.25) is 4.79 Å². The second-order valence-electron chi connectivity index (χ2n) is 5.93. The number of nitrogens with one attached hydrogen (secondary N) is 1. The van der Waals surface area contributed by atoms with Crippen molar-refractivity contribution in [2.24, 2.45) is 23.7 Å². The van der Waals surface area contributed by atoms with E-state index in [1.165, 1.54) is 19.3 Å². The van der Waals surface area contributed by atoms with Gasteiger partial charge in [-0.25, -0.2) is 0 Å². The minimum atomic E-state index is -0.104. The Morgan fingerprint density at radius 1 is 1.31 bits per heavy atom. The van der Waals surface area contributed by atoms with Crippen LogP contribution in [0.2, 0.25) is 0 Å². The fourth-order valence-corrected chi connectivity index (χ4v) is 4.10. The largest absolute Gasteiger partial charge is 0.462 e. The maximum atomic E-state index is 11.4. The van der Waals surface area contributed by atoms with Crippen molar-refractivity contribution in [2.75, 3.05) is 6.54 Å². The molecule has 1 N–H and O–H groups in total. The maximum Gasteiger partial charge on any atom is 0.320 e. The first-order valence-corrected chi connectivity index (χ1v) is 6.59. The molecule has 0 amide bonds. The lowest BCUT2D eigenvalue weighted by atomic mass is 10.0. The standard InChI is InChI=1S/C13H21NO2/c1-7(2)16-10(15)6-14-13-11-8-3-4-9(5-8)12(11)13/h7-9,11-14H,3-6H2,1-2H3. The van der Waals surface area contributed by atoms with Crippen LogP contribution in [0.15, 0.2) is 0 Å². The Hall–Kier alpha value is -0.570. The maximum absolute atomic E-state index is 11.4. The molecule has 3 nitrogen and oxygen atoms in total. The third-order valence-electron chi connectivity index (χ3n) is 4.58. The number of hydrogen-bond acceptors (Lipinski definition) is 3. The Kier molecular flexibility index (Phi) is 2.46. The number of hydrogen-bond donors (Lipinski definition) is 1. The van der Waals surface area contributed by atoms with E-state index in [9.17, 15) is 4.79 Å². The molecule has 90 valence electrons. The lowest BCUT2D eigenvalue weighted by molar-refractivity contribution is -0.146. The molecule has 3 saturated carbocycles. The van der Waals surface area contributed by atoms with Crippen molar-refractivity contribution in [1.29, 1.82) is 0 Å². The van der Waals surface area contributed by atoms with E-state index in [1.807, 2.05) is 13.8 Å². The van der Waals surface area contributed by atoms with E-state index in [1.54, 1.807) is 0 Å². The van der Waals surface area contributed by atoms with Gasteiger partial charge in [0.15, 0.2) is 0 Å². The van der Waals surface area contributed by atoms with Gasteiger partial charge >= 0.3 is 5.97 Å². The summed E-state index contributed by atoms with van der Waals surface area (Å²) in [4.78, 5) is 11.4. The molecule has 3 aliphatic rings. The fraction of sp³-hybridized carbons (Fsp3) is 0.923. The van der Waals surface area contributed by atoms with Crippen molar-refractivity contribution in [3.05, 3.63) is 0 Å². The molecular formula is C13H21NO2. The van der Waals surface area contributed by atoms with Crippen LogP contribution in [-0.2, 0) is 9.53 Å². The van der Waals surface area contributed by atoms with Crippen LogP contribution in [0.4, 0.5) is 0 Å². The molecule has 0 radical (unpaired) electrons. The van der Waals surface area contributed by atoms with Crippen molar-refractivity contribution in [3.8, 4) is 0 Å². The van der Waals surface area contributed by atoms with Crippen LogP contribution in [-0.4, -0.2) is 24.7 Å². The van der Waals surface area contributed by atoms with Crippen molar-refractivity contribution < 1.29 is 9.53 Å². The van der Waals surface area contributed by atoms with Gasteiger partial charge in [-0.05, 0) is 56.8 Å². The molecule has 0 aromatic heterocycles. The SMILES string of the molecule is CC(C)OC(=O)CNC1C2C3CCC(C3)C12. The molecular weight excluding hydrogens is 202 g/mol. The summed E-state index contributed by atoms with van der Waals surface area (Å²) < 4.78 is 5.12. The molecule has 16 heavy (non-hydrogen) atoms. The topological polar surface area (TPSA) is 38.3 Å². The first kappa shape index (κ1) is 10.6. The molecule has 0 aliphatic heterocycles. The number of fused-ring (bicyclic) bond motifs is 5. The Morgan fingerprint density at radius 3 is 2.50 bits per heavy atom. The molecule has 0 spiro atoms. The zero-order chi connectivity index (χ0) is 11.3. The lowest BCUT2D eigenvalue weighted by Crippen LogP contribution is -2.31. The first-order chi connectivity index (χ1) is 7.66.